The maximum absolute atomic E-state index is 13.1. The van der Waals surface area contributed by atoms with Crippen LogP contribution in [0.3, 0.4) is 0 Å². The van der Waals surface area contributed by atoms with Crippen molar-refractivity contribution in [2.45, 2.75) is 26.7 Å². The molecule has 0 aliphatic rings. The Kier molecular flexibility index (Phi) is 5.09. The molecular formula is C16H21FN4. The highest BCUT2D eigenvalue weighted by molar-refractivity contribution is 5.57. The van der Waals surface area contributed by atoms with Gasteiger partial charge in [-0.1, -0.05) is 19.1 Å². The molecule has 0 saturated carbocycles. The summed E-state index contributed by atoms with van der Waals surface area (Å²) in [7, 11) is 1.85. The van der Waals surface area contributed by atoms with Crippen LogP contribution >= 0.6 is 0 Å². The summed E-state index contributed by atoms with van der Waals surface area (Å²) in [4.78, 5) is 8.95. The van der Waals surface area contributed by atoms with Gasteiger partial charge in [-0.3, -0.25) is 0 Å². The third kappa shape index (κ3) is 3.90. The molecule has 5 heteroatoms. The molecule has 1 aromatic heterocycles. The average molecular weight is 288 g/mol. The van der Waals surface area contributed by atoms with Crippen molar-refractivity contribution in [3.63, 3.8) is 0 Å². The van der Waals surface area contributed by atoms with Crippen molar-refractivity contribution in [2.75, 3.05) is 24.2 Å². The molecule has 0 bridgehead atoms. The Bertz CT molecular complexity index is 613. The van der Waals surface area contributed by atoms with Gasteiger partial charge < -0.3 is 10.6 Å². The Labute approximate surface area is 124 Å². The minimum absolute atomic E-state index is 0.198. The maximum Gasteiger partial charge on any atom is 0.134 e. The van der Waals surface area contributed by atoms with Crippen molar-refractivity contribution in [3.8, 4) is 0 Å². The average Bonchev–Trinajstić information content (AvgIpc) is 2.49. The highest BCUT2D eigenvalue weighted by atomic mass is 19.1. The number of benzene rings is 1. The lowest BCUT2D eigenvalue weighted by atomic mass is 10.1. The number of nitrogens with zero attached hydrogens (tertiary/aromatic N) is 2. The molecule has 112 valence electrons. The number of rotatable bonds is 6. The van der Waals surface area contributed by atoms with E-state index in [9.17, 15) is 4.39 Å². The third-order valence-corrected chi connectivity index (χ3v) is 3.34. The monoisotopic (exact) mass is 288 g/mol. The van der Waals surface area contributed by atoms with Crippen molar-refractivity contribution in [3.05, 3.63) is 47.0 Å². The quantitative estimate of drug-likeness (QED) is 0.857. The van der Waals surface area contributed by atoms with E-state index in [1.807, 2.05) is 27.0 Å². The van der Waals surface area contributed by atoms with Gasteiger partial charge in [-0.25, -0.2) is 14.4 Å². The fourth-order valence-electron chi connectivity index (χ4n) is 2.15. The molecule has 0 spiro atoms. The lowest BCUT2D eigenvalue weighted by Gasteiger charge is -2.13. The fourth-order valence-corrected chi connectivity index (χ4v) is 2.15. The summed E-state index contributed by atoms with van der Waals surface area (Å²) < 4.78 is 13.1. The molecular weight excluding hydrogens is 267 g/mol. The predicted molar refractivity (Wildman–Crippen MR) is 84.3 cm³/mol. The molecule has 2 N–H and O–H groups in total. The Morgan fingerprint density at radius 2 is 1.95 bits per heavy atom. The van der Waals surface area contributed by atoms with Gasteiger partial charge >= 0.3 is 0 Å². The van der Waals surface area contributed by atoms with E-state index in [4.69, 9.17) is 0 Å². The van der Waals surface area contributed by atoms with Crippen molar-refractivity contribution >= 4 is 11.6 Å². The lowest BCUT2D eigenvalue weighted by molar-refractivity contribution is 0.625. The summed E-state index contributed by atoms with van der Waals surface area (Å²) in [5.41, 5.74) is 1.97. The smallest absolute Gasteiger partial charge is 0.134 e. The molecule has 1 heterocycles. The van der Waals surface area contributed by atoms with Gasteiger partial charge in [-0.2, -0.15) is 0 Å². The zero-order valence-electron chi connectivity index (χ0n) is 12.7. The summed E-state index contributed by atoms with van der Waals surface area (Å²) in [6.45, 7) is 4.71. The largest absolute Gasteiger partial charge is 0.373 e. The SMILES string of the molecule is CCc1nc(NC)c(C)c(NCCc2cccc(F)c2)n1. The molecule has 2 aromatic rings. The molecule has 1 aromatic carbocycles. The lowest BCUT2D eigenvalue weighted by Crippen LogP contribution is -2.11. The molecule has 0 fully saturated rings. The minimum Gasteiger partial charge on any atom is -0.373 e. The second-order valence-electron chi connectivity index (χ2n) is 4.87. The van der Waals surface area contributed by atoms with E-state index >= 15 is 0 Å². The van der Waals surface area contributed by atoms with Gasteiger partial charge in [-0.15, -0.1) is 0 Å². The first-order chi connectivity index (χ1) is 10.1. The number of aromatic nitrogens is 2. The van der Waals surface area contributed by atoms with Gasteiger partial charge in [0.15, 0.2) is 0 Å². The van der Waals surface area contributed by atoms with E-state index in [0.717, 1.165) is 41.4 Å². The van der Waals surface area contributed by atoms with Gasteiger partial charge in [0.25, 0.3) is 0 Å². The van der Waals surface area contributed by atoms with E-state index in [-0.39, 0.29) is 5.82 Å². The van der Waals surface area contributed by atoms with Crippen LogP contribution in [0.25, 0.3) is 0 Å². The van der Waals surface area contributed by atoms with E-state index in [0.29, 0.717) is 6.54 Å². The summed E-state index contributed by atoms with van der Waals surface area (Å²) in [5, 5.41) is 6.40. The Hall–Kier alpha value is -2.17. The van der Waals surface area contributed by atoms with Crippen molar-refractivity contribution in [1.29, 1.82) is 0 Å². The molecule has 0 atom stereocenters. The first kappa shape index (κ1) is 15.2. The molecule has 0 aliphatic carbocycles. The summed E-state index contributed by atoms with van der Waals surface area (Å²) >= 11 is 0. The summed E-state index contributed by atoms with van der Waals surface area (Å²) in [6.07, 6.45) is 1.53. The molecule has 0 radical (unpaired) electrons. The van der Waals surface area contributed by atoms with Crippen molar-refractivity contribution in [1.82, 2.24) is 9.97 Å². The van der Waals surface area contributed by atoms with Gasteiger partial charge in [-0.05, 0) is 31.0 Å². The standard InChI is InChI=1S/C16H21FN4/c1-4-14-20-15(18-3)11(2)16(21-14)19-9-8-12-6-5-7-13(17)10-12/h5-7,10H,4,8-9H2,1-3H3,(H2,18,19,20,21). The van der Waals surface area contributed by atoms with Crippen LogP contribution in [-0.4, -0.2) is 23.6 Å². The first-order valence-electron chi connectivity index (χ1n) is 7.17. The van der Waals surface area contributed by atoms with Crippen LogP contribution in [0.4, 0.5) is 16.0 Å². The predicted octanol–water partition coefficient (Wildman–Crippen LogP) is 3.18. The number of anilines is 2. The molecule has 0 unspecified atom stereocenters. The highest BCUT2D eigenvalue weighted by Crippen LogP contribution is 2.19. The molecule has 4 nitrogen and oxygen atoms in total. The number of nitrogens with one attached hydrogen (secondary N) is 2. The minimum atomic E-state index is -0.198. The van der Waals surface area contributed by atoms with E-state index in [1.165, 1.54) is 6.07 Å². The van der Waals surface area contributed by atoms with Crippen LogP contribution in [0, 0.1) is 12.7 Å². The maximum atomic E-state index is 13.1. The first-order valence-corrected chi connectivity index (χ1v) is 7.17. The number of aryl methyl sites for hydroxylation is 1. The summed E-state index contributed by atoms with van der Waals surface area (Å²) in [5.74, 6) is 2.28. The number of hydrogen-bond donors (Lipinski definition) is 2. The molecule has 21 heavy (non-hydrogen) atoms. The van der Waals surface area contributed by atoms with Gasteiger partial charge in [0, 0.05) is 25.6 Å². The fraction of sp³-hybridized carbons (Fsp3) is 0.375. The Morgan fingerprint density at radius 1 is 1.19 bits per heavy atom. The van der Waals surface area contributed by atoms with Gasteiger partial charge in [0.2, 0.25) is 0 Å². The van der Waals surface area contributed by atoms with Crippen LogP contribution in [0.5, 0.6) is 0 Å². The normalized spacial score (nSPS) is 10.5. The van der Waals surface area contributed by atoms with Gasteiger partial charge in [0.1, 0.15) is 23.3 Å². The summed E-state index contributed by atoms with van der Waals surface area (Å²) in [6, 6.07) is 6.67. The van der Waals surface area contributed by atoms with Crippen molar-refractivity contribution < 1.29 is 4.39 Å². The molecule has 2 rings (SSSR count). The van der Waals surface area contributed by atoms with Gasteiger partial charge in [0.05, 0.1) is 0 Å². The highest BCUT2D eigenvalue weighted by Gasteiger charge is 2.08. The van der Waals surface area contributed by atoms with E-state index < -0.39 is 0 Å². The number of hydrogen-bond acceptors (Lipinski definition) is 4. The Morgan fingerprint density at radius 3 is 2.62 bits per heavy atom. The van der Waals surface area contributed by atoms with Crippen LogP contribution < -0.4 is 10.6 Å². The van der Waals surface area contributed by atoms with Crippen LogP contribution in [0.2, 0.25) is 0 Å². The van der Waals surface area contributed by atoms with Crippen molar-refractivity contribution in [2.24, 2.45) is 0 Å². The second-order valence-corrected chi connectivity index (χ2v) is 4.87. The zero-order chi connectivity index (χ0) is 15.2. The van der Waals surface area contributed by atoms with Crippen LogP contribution in [0.15, 0.2) is 24.3 Å². The topological polar surface area (TPSA) is 49.8 Å². The van der Waals surface area contributed by atoms with E-state index in [2.05, 4.69) is 20.6 Å². The number of halogens is 1. The zero-order valence-corrected chi connectivity index (χ0v) is 12.7. The Balaban J connectivity index is 2.05. The van der Waals surface area contributed by atoms with Crippen LogP contribution in [0.1, 0.15) is 23.9 Å². The van der Waals surface area contributed by atoms with E-state index in [1.54, 1.807) is 12.1 Å². The van der Waals surface area contributed by atoms with Crippen LogP contribution in [-0.2, 0) is 12.8 Å². The molecule has 0 amide bonds. The molecule has 0 saturated heterocycles. The second kappa shape index (κ2) is 7.02. The molecule has 0 aliphatic heterocycles. The third-order valence-electron chi connectivity index (χ3n) is 3.34.